The minimum Gasteiger partial charge on any atom is -0.435 e. The highest BCUT2D eigenvalue weighted by Gasteiger charge is 2.16. The van der Waals surface area contributed by atoms with E-state index in [1.165, 1.54) is 24.3 Å². The van der Waals surface area contributed by atoms with Gasteiger partial charge in [-0.15, -0.1) is 0 Å². The average molecular weight is 296 g/mol. The summed E-state index contributed by atoms with van der Waals surface area (Å²) < 4.78 is 41.9. The molecule has 1 atom stereocenters. The molecule has 0 bridgehead atoms. The number of hydrogen-bond acceptors (Lipinski definition) is 3. The van der Waals surface area contributed by atoms with E-state index >= 15 is 0 Å². The summed E-state index contributed by atoms with van der Waals surface area (Å²) in [5, 5.41) is 0. The van der Waals surface area contributed by atoms with Crippen LogP contribution in [0.25, 0.3) is 0 Å². The molecule has 0 spiro atoms. The van der Waals surface area contributed by atoms with Crippen LogP contribution in [0.5, 0.6) is 5.75 Å². The molecule has 2 rings (SSSR count). The number of benzene rings is 2. The van der Waals surface area contributed by atoms with Gasteiger partial charge in [-0.05, 0) is 47.9 Å². The van der Waals surface area contributed by atoms with E-state index in [-0.39, 0.29) is 11.6 Å². The van der Waals surface area contributed by atoms with Crippen LogP contribution in [0.15, 0.2) is 42.5 Å². The van der Waals surface area contributed by atoms with Gasteiger partial charge in [0.05, 0.1) is 6.04 Å². The molecule has 0 aliphatic heterocycles. The van der Waals surface area contributed by atoms with Crippen molar-refractivity contribution < 1.29 is 17.9 Å². The topological polar surface area (TPSA) is 47.3 Å². The second-order valence-electron chi connectivity index (χ2n) is 4.55. The SMILES string of the molecule is Cc1ccc(F)cc1C(NN)c1ccc(OC(F)F)cc1. The minimum atomic E-state index is -2.87. The molecule has 112 valence electrons. The molecular weight excluding hydrogens is 281 g/mol. The molecule has 0 aliphatic carbocycles. The molecule has 0 amide bonds. The van der Waals surface area contributed by atoms with Gasteiger partial charge >= 0.3 is 6.61 Å². The van der Waals surface area contributed by atoms with Crippen LogP contribution in [0.4, 0.5) is 13.2 Å². The van der Waals surface area contributed by atoms with Gasteiger partial charge in [-0.1, -0.05) is 18.2 Å². The van der Waals surface area contributed by atoms with Gasteiger partial charge in [-0.2, -0.15) is 8.78 Å². The molecule has 2 aromatic carbocycles. The lowest BCUT2D eigenvalue weighted by Gasteiger charge is -2.19. The van der Waals surface area contributed by atoms with Gasteiger partial charge in [0.25, 0.3) is 0 Å². The maximum Gasteiger partial charge on any atom is 0.387 e. The van der Waals surface area contributed by atoms with Crippen LogP contribution >= 0.6 is 0 Å². The van der Waals surface area contributed by atoms with Gasteiger partial charge in [0.2, 0.25) is 0 Å². The number of halogens is 3. The van der Waals surface area contributed by atoms with Crippen LogP contribution in [-0.4, -0.2) is 6.61 Å². The largest absolute Gasteiger partial charge is 0.435 e. The van der Waals surface area contributed by atoms with Crippen molar-refractivity contribution in [3.05, 3.63) is 65.0 Å². The fraction of sp³-hybridized carbons (Fsp3) is 0.200. The van der Waals surface area contributed by atoms with Gasteiger partial charge in [-0.25, -0.2) is 9.82 Å². The van der Waals surface area contributed by atoms with Crippen molar-refractivity contribution in [2.45, 2.75) is 19.6 Å². The first-order valence-electron chi connectivity index (χ1n) is 6.28. The van der Waals surface area contributed by atoms with Crippen LogP contribution in [-0.2, 0) is 0 Å². The number of nitrogens with two attached hydrogens (primary N) is 1. The third-order valence-electron chi connectivity index (χ3n) is 3.16. The quantitative estimate of drug-likeness (QED) is 0.657. The van der Waals surface area contributed by atoms with Crippen molar-refractivity contribution in [2.24, 2.45) is 5.84 Å². The molecule has 0 saturated heterocycles. The van der Waals surface area contributed by atoms with Crippen LogP contribution in [0.1, 0.15) is 22.7 Å². The summed E-state index contributed by atoms with van der Waals surface area (Å²) in [4.78, 5) is 0. The molecule has 0 heterocycles. The third kappa shape index (κ3) is 3.74. The Morgan fingerprint density at radius 2 is 1.76 bits per heavy atom. The minimum absolute atomic E-state index is 0.0560. The Labute approximate surface area is 120 Å². The van der Waals surface area contributed by atoms with Crippen molar-refractivity contribution in [3.63, 3.8) is 0 Å². The molecule has 2 aromatic rings. The summed E-state index contributed by atoms with van der Waals surface area (Å²) >= 11 is 0. The monoisotopic (exact) mass is 296 g/mol. The fourth-order valence-corrected chi connectivity index (χ4v) is 2.13. The normalized spacial score (nSPS) is 12.5. The Morgan fingerprint density at radius 1 is 1.10 bits per heavy atom. The summed E-state index contributed by atoms with van der Waals surface area (Å²) in [6.45, 7) is -1.03. The molecule has 3 nitrogen and oxygen atoms in total. The maximum absolute atomic E-state index is 13.4. The summed E-state index contributed by atoms with van der Waals surface area (Å²) in [5.74, 6) is 5.24. The number of rotatable bonds is 5. The number of ether oxygens (including phenoxy) is 1. The number of nitrogens with one attached hydrogen (secondary N) is 1. The van der Waals surface area contributed by atoms with E-state index in [0.29, 0.717) is 11.1 Å². The van der Waals surface area contributed by atoms with Gasteiger partial charge in [0, 0.05) is 0 Å². The second-order valence-corrected chi connectivity index (χ2v) is 4.55. The molecule has 1 unspecified atom stereocenters. The zero-order chi connectivity index (χ0) is 15.4. The van der Waals surface area contributed by atoms with E-state index in [0.717, 1.165) is 5.56 Å². The highest BCUT2D eigenvalue weighted by atomic mass is 19.3. The standard InChI is InChI=1S/C15H15F3N2O/c1-9-2-5-11(16)8-13(9)14(20-19)10-3-6-12(7-4-10)21-15(17)18/h2-8,14-15,20H,19H2,1H3. The third-order valence-corrected chi connectivity index (χ3v) is 3.16. The summed E-state index contributed by atoms with van der Waals surface area (Å²) in [6, 6.07) is 10.0. The molecule has 0 aromatic heterocycles. The van der Waals surface area contributed by atoms with E-state index in [2.05, 4.69) is 10.2 Å². The van der Waals surface area contributed by atoms with Crippen molar-refractivity contribution >= 4 is 0 Å². The lowest BCUT2D eigenvalue weighted by Crippen LogP contribution is -2.29. The molecule has 0 radical (unpaired) electrons. The zero-order valence-corrected chi connectivity index (χ0v) is 11.3. The molecule has 6 heteroatoms. The maximum atomic E-state index is 13.4. The average Bonchev–Trinajstić information content (AvgIpc) is 2.44. The van der Waals surface area contributed by atoms with Gasteiger partial charge < -0.3 is 4.74 Å². The Balaban J connectivity index is 2.31. The highest BCUT2D eigenvalue weighted by Crippen LogP contribution is 2.26. The van der Waals surface area contributed by atoms with Gasteiger partial charge in [-0.3, -0.25) is 5.84 Å². The predicted molar refractivity (Wildman–Crippen MR) is 73.4 cm³/mol. The summed E-state index contributed by atoms with van der Waals surface area (Å²) in [7, 11) is 0. The lowest BCUT2D eigenvalue weighted by atomic mass is 9.95. The van der Waals surface area contributed by atoms with Crippen LogP contribution in [0.2, 0.25) is 0 Å². The zero-order valence-electron chi connectivity index (χ0n) is 11.3. The molecule has 0 fully saturated rings. The number of alkyl halides is 2. The van der Waals surface area contributed by atoms with E-state index in [1.807, 2.05) is 6.92 Å². The Bertz CT molecular complexity index is 602. The molecule has 3 N–H and O–H groups in total. The van der Waals surface area contributed by atoms with Crippen molar-refractivity contribution in [2.75, 3.05) is 0 Å². The van der Waals surface area contributed by atoms with Crippen LogP contribution < -0.4 is 16.0 Å². The highest BCUT2D eigenvalue weighted by molar-refractivity contribution is 5.39. The Morgan fingerprint density at radius 3 is 2.33 bits per heavy atom. The number of aryl methyl sites for hydroxylation is 1. The van der Waals surface area contributed by atoms with Crippen molar-refractivity contribution in [1.82, 2.24) is 5.43 Å². The first-order valence-corrected chi connectivity index (χ1v) is 6.28. The van der Waals surface area contributed by atoms with Crippen molar-refractivity contribution in [3.8, 4) is 5.75 Å². The van der Waals surface area contributed by atoms with E-state index in [1.54, 1.807) is 18.2 Å². The van der Waals surface area contributed by atoms with E-state index in [4.69, 9.17) is 5.84 Å². The smallest absolute Gasteiger partial charge is 0.387 e. The molecular formula is C15H15F3N2O. The van der Waals surface area contributed by atoms with Crippen LogP contribution in [0, 0.1) is 12.7 Å². The second kappa shape index (κ2) is 6.60. The molecule has 0 saturated carbocycles. The fourth-order valence-electron chi connectivity index (χ4n) is 2.13. The lowest BCUT2D eigenvalue weighted by molar-refractivity contribution is -0.0498. The molecule has 0 aliphatic rings. The Hall–Kier alpha value is -2.05. The van der Waals surface area contributed by atoms with Crippen molar-refractivity contribution in [1.29, 1.82) is 0 Å². The van der Waals surface area contributed by atoms with E-state index in [9.17, 15) is 13.2 Å². The first kappa shape index (κ1) is 15.3. The molecule has 21 heavy (non-hydrogen) atoms. The number of hydrogen-bond donors (Lipinski definition) is 2. The Kier molecular flexibility index (Phi) is 4.82. The van der Waals surface area contributed by atoms with Crippen LogP contribution in [0.3, 0.4) is 0 Å². The summed E-state index contributed by atoms with van der Waals surface area (Å²) in [5.41, 5.74) is 4.87. The van der Waals surface area contributed by atoms with Gasteiger partial charge in [0.15, 0.2) is 0 Å². The number of hydrazine groups is 1. The predicted octanol–water partition coefficient (Wildman–Crippen LogP) is 3.29. The summed E-state index contributed by atoms with van der Waals surface area (Å²) in [6.07, 6.45) is 0. The van der Waals surface area contributed by atoms with Gasteiger partial charge in [0.1, 0.15) is 11.6 Å². The first-order chi connectivity index (χ1) is 10.0. The van der Waals surface area contributed by atoms with E-state index < -0.39 is 12.7 Å².